The zero-order chi connectivity index (χ0) is 16.2. The first-order valence-electron chi connectivity index (χ1n) is 6.66. The fourth-order valence-corrected chi connectivity index (χ4v) is 2.00. The lowest BCUT2D eigenvalue weighted by Crippen LogP contribution is -2.42. The molecular weight excluding hydrogens is 299 g/mol. The summed E-state index contributed by atoms with van der Waals surface area (Å²) >= 11 is 0. The number of nitrogens with one attached hydrogen (secondary N) is 2. The Morgan fingerprint density at radius 1 is 1.18 bits per heavy atom. The molecular formula is C14H14F3N3O2. The fourth-order valence-electron chi connectivity index (χ4n) is 2.00. The molecule has 0 aromatic carbocycles. The van der Waals surface area contributed by atoms with Crippen LogP contribution in [-0.4, -0.2) is 22.8 Å². The van der Waals surface area contributed by atoms with Crippen molar-refractivity contribution in [1.82, 2.24) is 10.3 Å². The zero-order valence-corrected chi connectivity index (χ0v) is 11.5. The Kier molecular flexibility index (Phi) is 4.79. The summed E-state index contributed by atoms with van der Waals surface area (Å²) in [5, 5.41) is 4.78. The minimum absolute atomic E-state index is 0.0247. The lowest BCUT2D eigenvalue weighted by Gasteiger charge is -2.18. The Balaban J connectivity index is 1.90. The van der Waals surface area contributed by atoms with Gasteiger partial charge < -0.3 is 10.6 Å². The lowest BCUT2D eigenvalue weighted by atomic mass is 10.0. The molecule has 0 fully saturated rings. The second-order valence-corrected chi connectivity index (χ2v) is 4.84. The van der Waals surface area contributed by atoms with Crippen LogP contribution in [0.1, 0.15) is 25.0 Å². The number of carbonyl (C=O) groups is 2. The normalized spacial score (nSPS) is 17.9. The number of pyridine rings is 1. The molecule has 0 saturated carbocycles. The van der Waals surface area contributed by atoms with Crippen molar-refractivity contribution in [3.8, 4) is 0 Å². The molecule has 8 heteroatoms. The molecule has 1 aliphatic carbocycles. The summed E-state index contributed by atoms with van der Waals surface area (Å²) < 4.78 is 37.1. The molecule has 0 aliphatic heterocycles. The average molecular weight is 313 g/mol. The van der Waals surface area contributed by atoms with Gasteiger partial charge >= 0.3 is 18.0 Å². The Hall–Kier alpha value is -2.38. The number of carbonyl (C=O) groups excluding carboxylic acids is 2. The molecule has 1 atom stereocenters. The number of anilines is 1. The molecule has 22 heavy (non-hydrogen) atoms. The summed E-state index contributed by atoms with van der Waals surface area (Å²) in [6.07, 6.45) is 2.46. The molecule has 1 aromatic heterocycles. The summed E-state index contributed by atoms with van der Waals surface area (Å²) in [4.78, 5) is 26.6. The summed E-state index contributed by atoms with van der Waals surface area (Å²) in [5.41, 5.74) is -1.04. The number of hydrogen-bond donors (Lipinski definition) is 2. The molecule has 1 aliphatic rings. The number of hydrogen-bond acceptors (Lipinski definition) is 3. The summed E-state index contributed by atoms with van der Waals surface area (Å²) in [6.45, 7) is 0. The molecule has 1 aromatic rings. The van der Waals surface area contributed by atoms with Crippen molar-refractivity contribution in [3.05, 3.63) is 36.2 Å². The molecule has 2 amide bonds. The highest BCUT2D eigenvalue weighted by molar-refractivity contribution is 6.39. The SMILES string of the molecule is O=C(Nc1ccc(C(F)(F)F)nc1)C(=O)N[C@@H]1CC=CCC1. The number of halogens is 3. The van der Waals surface area contributed by atoms with Crippen LogP contribution >= 0.6 is 0 Å². The van der Waals surface area contributed by atoms with E-state index in [9.17, 15) is 22.8 Å². The van der Waals surface area contributed by atoms with Gasteiger partial charge in [0.15, 0.2) is 0 Å². The van der Waals surface area contributed by atoms with Crippen molar-refractivity contribution in [2.45, 2.75) is 31.5 Å². The van der Waals surface area contributed by atoms with Crippen molar-refractivity contribution >= 4 is 17.5 Å². The maximum atomic E-state index is 12.4. The van der Waals surface area contributed by atoms with E-state index >= 15 is 0 Å². The van der Waals surface area contributed by atoms with Crippen LogP contribution in [0.3, 0.4) is 0 Å². The summed E-state index contributed by atoms with van der Waals surface area (Å²) in [6, 6.07) is 1.68. The minimum atomic E-state index is -4.55. The zero-order valence-electron chi connectivity index (χ0n) is 11.5. The van der Waals surface area contributed by atoms with E-state index in [1.54, 1.807) is 0 Å². The van der Waals surface area contributed by atoms with Gasteiger partial charge in [0, 0.05) is 6.04 Å². The van der Waals surface area contributed by atoms with Crippen LogP contribution in [0, 0.1) is 0 Å². The van der Waals surface area contributed by atoms with Crippen molar-refractivity contribution in [1.29, 1.82) is 0 Å². The molecule has 0 spiro atoms. The smallest absolute Gasteiger partial charge is 0.345 e. The predicted octanol–water partition coefficient (Wildman–Crippen LogP) is 2.26. The molecule has 5 nitrogen and oxygen atoms in total. The molecule has 0 bridgehead atoms. The third kappa shape index (κ3) is 4.31. The van der Waals surface area contributed by atoms with E-state index in [1.165, 1.54) is 0 Å². The Labute approximate surface area is 124 Å². The largest absolute Gasteiger partial charge is 0.433 e. The topological polar surface area (TPSA) is 71.1 Å². The Morgan fingerprint density at radius 2 is 1.95 bits per heavy atom. The summed E-state index contributed by atoms with van der Waals surface area (Å²) in [5.74, 6) is -1.75. The number of allylic oxidation sites excluding steroid dienone is 1. The van der Waals surface area contributed by atoms with Crippen molar-refractivity contribution in [2.24, 2.45) is 0 Å². The van der Waals surface area contributed by atoms with Gasteiger partial charge in [-0.2, -0.15) is 13.2 Å². The van der Waals surface area contributed by atoms with E-state index in [1.807, 2.05) is 12.2 Å². The van der Waals surface area contributed by atoms with E-state index < -0.39 is 23.7 Å². The average Bonchev–Trinajstić information content (AvgIpc) is 2.48. The van der Waals surface area contributed by atoms with Crippen LogP contribution in [-0.2, 0) is 15.8 Å². The first-order chi connectivity index (χ1) is 10.4. The van der Waals surface area contributed by atoms with Crippen molar-refractivity contribution in [3.63, 3.8) is 0 Å². The van der Waals surface area contributed by atoms with Gasteiger partial charge in [-0.3, -0.25) is 9.59 Å². The van der Waals surface area contributed by atoms with Crippen LogP contribution in [0.15, 0.2) is 30.5 Å². The van der Waals surface area contributed by atoms with Gasteiger partial charge in [0.05, 0.1) is 11.9 Å². The third-order valence-electron chi connectivity index (χ3n) is 3.12. The highest BCUT2D eigenvalue weighted by Gasteiger charge is 2.32. The quantitative estimate of drug-likeness (QED) is 0.650. The molecule has 0 radical (unpaired) electrons. The van der Waals surface area contributed by atoms with Gasteiger partial charge in [-0.1, -0.05) is 12.2 Å². The van der Waals surface area contributed by atoms with Gasteiger partial charge in [-0.05, 0) is 31.4 Å². The van der Waals surface area contributed by atoms with E-state index in [2.05, 4.69) is 15.6 Å². The van der Waals surface area contributed by atoms with Crippen LogP contribution in [0.25, 0.3) is 0 Å². The van der Waals surface area contributed by atoms with Crippen molar-refractivity contribution < 1.29 is 22.8 Å². The maximum Gasteiger partial charge on any atom is 0.433 e. The third-order valence-corrected chi connectivity index (χ3v) is 3.12. The molecule has 2 rings (SSSR count). The molecule has 1 heterocycles. The van der Waals surface area contributed by atoms with Gasteiger partial charge in [0.1, 0.15) is 5.69 Å². The van der Waals surface area contributed by atoms with E-state index in [0.717, 1.165) is 31.2 Å². The monoisotopic (exact) mass is 313 g/mol. The highest BCUT2D eigenvalue weighted by atomic mass is 19.4. The first-order valence-corrected chi connectivity index (χ1v) is 6.66. The number of nitrogens with zero attached hydrogens (tertiary/aromatic N) is 1. The second-order valence-electron chi connectivity index (χ2n) is 4.84. The summed E-state index contributed by atoms with van der Waals surface area (Å²) in [7, 11) is 0. The van der Waals surface area contributed by atoms with Gasteiger partial charge in [-0.15, -0.1) is 0 Å². The van der Waals surface area contributed by atoms with Gasteiger partial charge in [-0.25, -0.2) is 4.98 Å². The molecule has 118 valence electrons. The standard InChI is InChI=1S/C14H14F3N3O2/c15-14(16,17)11-7-6-10(8-18-11)20-13(22)12(21)19-9-4-2-1-3-5-9/h1-2,6-9H,3-5H2,(H,19,21)(H,20,22)/t9-/m1/s1. The predicted molar refractivity (Wildman–Crippen MR) is 72.8 cm³/mol. The number of aromatic nitrogens is 1. The minimum Gasteiger partial charge on any atom is -0.345 e. The Morgan fingerprint density at radius 3 is 2.50 bits per heavy atom. The first kappa shape index (κ1) is 16.0. The van der Waals surface area contributed by atoms with Crippen molar-refractivity contribution in [2.75, 3.05) is 5.32 Å². The van der Waals surface area contributed by atoms with E-state index in [4.69, 9.17) is 0 Å². The Bertz CT molecular complexity index is 582. The maximum absolute atomic E-state index is 12.4. The number of amides is 2. The van der Waals surface area contributed by atoms with E-state index in [0.29, 0.717) is 6.42 Å². The van der Waals surface area contributed by atoms with Gasteiger partial charge in [0.25, 0.3) is 0 Å². The van der Waals surface area contributed by atoms with Crippen LogP contribution in [0.4, 0.5) is 18.9 Å². The van der Waals surface area contributed by atoms with Crippen LogP contribution in [0.2, 0.25) is 0 Å². The molecule has 0 unspecified atom stereocenters. The number of alkyl halides is 3. The fraction of sp³-hybridized carbons (Fsp3) is 0.357. The van der Waals surface area contributed by atoms with Crippen LogP contribution < -0.4 is 10.6 Å². The number of rotatable bonds is 2. The highest BCUT2D eigenvalue weighted by Crippen LogP contribution is 2.27. The van der Waals surface area contributed by atoms with E-state index in [-0.39, 0.29) is 11.7 Å². The van der Waals surface area contributed by atoms with Gasteiger partial charge in [0.2, 0.25) is 0 Å². The second kappa shape index (κ2) is 6.59. The lowest BCUT2D eigenvalue weighted by molar-refractivity contribution is -0.141. The molecule has 0 saturated heterocycles. The molecule has 2 N–H and O–H groups in total. The van der Waals surface area contributed by atoms with Crippen LogP contribution in [0.5, 0.6) is 0 Å².